The summed E-state index contributed by atoms with van der Waals surface area (Å²) in [5, 5.41) is 3.57. The van der Waals surface area contributed by atoms with Gasteiger partial charge in [0.2, 0.25) is 0 Å². The molecule has 0 aromatic heterocycles. The number of hydrogen-bond acceptors (Lipinski definition) is 3. The summed E-state index contributed by atoms with van der Waals surface area (Å²) in [6, 6.07) is 0.809. The lowest BCUT2D eigenvalue weighted by molar-refractivity contribution is 0.0167. The zero-order valence-corrected chi connectivity index (χ0v) is 11.3. The monoisotopic (exact) mass is 240 g/mol. The van der Waals surface area contributed by atoms with Gasteiger partial charge in [-0.25, -0.2) is 0 Å². The first-order valence-electron chi connectivity index (χ1n) is 7.39. The van der Waals surface area contributed by atoms with Gasteiger partial charge in [-0.15, -0.1) is 0 Å². The molecule has 0 radical (unpaired) electrons. The van der Waals surface area contributed by atoms with Gasteiger partial charge in [-0.2, -0.15) is 0 Å². The molecule has 1 N–H and O–H groups in total. The van der Waals surface area contributed by atoms with Crippen molar-refractivity contribution in [3.8, 4) is 0 Å². The highest BCUT2D eigenvalue weighted by Crippen LogP contribution is 2.17. The van der Waals surface area contributed by atoms with Crippen molar-refractivity contribution < 1.29 is 4.74 Å². The Bertz CT molecular complexity index is 204. The molecule has 2 unspecified atom stereocenters. The van der Waals surface area contributed by atoms with Crippen LogP contribution in [0.4, 0.5) is 0 Å². The van der Waals surface area contributed by atoms with Crippen LogP contribution in [0.3, 0.4) is 0 Å². The van der Waals surface area contributed by atoms with Crippen LogP contribution in [0, 0.1) is 0 Å². The molecular formula is C14H28N2O. The van der Waals surface area contributed by atoms with Crippen LogP contribution >= 0.6 is 0 Å². The highest BCUT2D eigenvalue weighted by Gasteiger charge is 2.18. The van der Waals surface area contributed by atoms with Crippen LogP contribution in [-0.2, 0) is 4.74 Å². The van der Waals surface area contributed by atoms with E-state index in [1.165, 1.54) is 51.5 Å². The van der Waals surface area contributed by atoms with E-state index in [1.54, 1.807) is 0 Å². The quantitative estimate of drug-likeness (QED) is 0.744. The molecule has 2 fully saturated rings. The number of likely N-dealkylation sites (tertiary alicyclic amines) is 1. The highest BCUT2D eigenvalue weighted by atomic mass is 16.5. The van der Waals surface area contributed by atoms with Crippen molar-refractivity contribution >= 4 is 0 Å². The molecular weight excluding hydrogens is 212 g/mol. The fourth-order valence-electron chi connectivity index (χ4n) is 3.01. The maximum absolute atomic E-state index is 5.72. The van der Waals surface area contributed by atoms with E-state index < -0.39 is 0 Å². The zero-order chi connectivity index (χ0) is 11.9. The average molecular weight is 240 g/mol. The minimum atomic E-state index is 0.479. The van der Waals surface area contributed by atoms with Crippen molar-refractivity contribution in [2.75, 3.05) is 33.3 Å². The SMILES string of the molecule is CN1CCCCC1CCNCC1CCCCO1. The Morgan fingerprint density at radius 3 is 2.82 bits per heavy atom. The fraction of sp³-hybridized carbons (Fsp3) is 1.00. The molecule has 0 aliphatic carbocycles. The summed E-state index contributed by atoms with van der Waals surface area (Å²) in [6.07, 6.45) is 9.81. The Balaban J connectivity index is 1.53. The lowest BCUT2D eigenvalue weighted by Crippen LogP contribution is -2.39. The summed E-state index contributed by atoms with van der Waals surface area (Å²) in [5.41, 5.74) is 0. The summed E-state index contributed by atoms with van der Waals surface area (Å²) in [7, 11) is 2.27. The van der Waals surface area contributed by atoms with Gasteiger partial charge in [-0.05, 0) is 58.7 Å². The van der Waals surface area contributed by atoms with Gasteiger partial charge in [0.05, 0.1) is 6.10 Å². The molecule has 0 aromatic carbocycles. The predicted octanol–water partition coefficient (Wildman–Crippen LogP) is 2.02. The Morgan fingerprint density at radius 2 is 2.06 bits per heavy atom. The van der Waals surface area contributed by atoms with Crippen LogP contribution in [0.15, 0.2) is 0 Å². The van der Waals surface area contributed by atoms with Gasteiger partial charge >= 0.3 is 0 Å². The number of nitrogens with zero attached hydrogens (tertiary/aromatic N) is 1. The van der Waals surface area contributed by atoms with Crippen LogP contribution in [0.5, 0.6) is 0 Å². The number of piperidine rings is 1. The van der Waals surface area contributed by atoms with Crippen molar-refractivity contribution in [2.45, 2.75) is 57.1 Å². The van der Waals surface area contributed by atoms with E-state index >= 15 is 0 Å². The van der Waals surface area contributed by atoms with E-state index in [0.717, 1.165) is 25.7 Å². The van der Waals surface area contributed by atoms with Crippen LogP contribution in [0.2, 0.25) is 0 Å². The van der Waals surface area contributed by atoms with Gasteiger partial charge in [0.15, 0.2) is 0 Å². The molecule has 0 spiro atoms. The molecule has 17 heavy (non-hydrogen) atoms. The van der Waals surface area contributed by atoms with Crippen molar-refractivity contribution in [3.63, 3.8) is 0 Å². The smallest absolute Gasteiger partial charge is 0.0699 e. The summed E-state index contributed by atoms with van der Waals surface area (Å²) >= 11 is 0. The van der Waals surface area contributed by atoms with Crippen molar-refractivity contribution in [1.82, 2.24) is 10.2 Å². The van der Waals surface area contributed by atoms with E-state index in [1.807, 2.05) is 0 Å². The van der Waals surface area contributed by atoms with Crippen molar-refractivity contribution in [3.05, 3.63) is 0 Å². The molecule has 2 aliphatic heterocycles. The highest BCUT2D eigenvalue weighted by molar-refractivity contribution is 4.75. The molecule has 0 bridgehead atoms. The van der Waals surface area contributed by atoms with Crippen LogP contribution < -0.4 is 5.32 Å². The molecule has 2 atom stereocenters. The molecule has 2 rings (SSSR count). The summed E-state index contributed by atoms with van der Waals surface area (Å²) in [5.74, 6) is 0. The van der Waals surface area contributed by atoms with E-state index in [0.29, 0.717) is 6.10 Å². The Morgan fingerprint density at radius 1 is 1.18 bits per heavy atom. The number of hydrogen-bond donors (Lipinski definition) is 1. The molecule has 0 saturated carbocycles. The minimum absolute atomic E-state index is 0.479. The van der Waals surface area contributed by atoms with Crippen LogP contribution in [0.25, 0.3) is 0 Å². The summed E-state index contributed by atoms with van der Waals surface area (Å²) < 4.78 is 5.72. The van der Waals surface area contributed by atoms with Gasteiger partial charge in [0.25, 0.3) is 0 Å². The normalized spacial score (nSPS) is 31.6. The van der Waals surface area contributed by atoms with Gasteiger partial charge in [-0.3, -0.25) is 0 Å². The van der Waals surface area contributed by atoms with Crippen molar-refractivity contribution in [2.24, 2.45) is 0 Å². The maximum atomic E-state index is 5.72. The maximum Gasteiger partial charge on any atom is 0.0699 e. The predicted molar refractivity (Wildman–Crippen MR) is 71.3 cm³/mol. The zero-order valence-electron chi connectivity index (χ0n) is 11.3. The second-order valence-corrected chi connectivity index (χ2v) is 5.61. The third kappa shape index (κ3) is 4.57. The Labute approximate surface area is 106 Å². The molecule has 2 aliphatic rings. The average Bonchev–Trinajstić information content (AvgIpc) is 2.38. The third-order valence-corrected chi connectivity index (χ3v) is 4.22. The van der Waals surface area contributed by atoms with Crippen LogP contribution in [0.1, 0.15) is 44.9 Å². The van der Waals surface area contributed by atoms with E-state index in [4.69, 9.17) is 4.74 Å². The molecule has 3 nitrogen and oxygen atoms in total. The third-order valence-electron chi connectivity index (χ3n) is 4.22. The first kappa shape index (κ1) is 13.3. The van der Waals surface area contributed by atoms with Crippen LogP contribution in [-0.4, -0.2) is 50.3 Å². The minimum Gasteiger partial charge on any atom is -0.377 e. The van der Waals surface area contributed by atoms with Crippen molar-refractivity contribution in [1.29, 1.82) is 0 Å². The van der Waals surface area contributed by atoms with E-state index in [9.17, 15) is 0 Å². The van der Waals surface area contributed by atoms with Gasteiger partial charge in [0.1, 0.15) is 0 Å². The molecule has 2 heterocycles. The number of ether oxygens (including phenoxy) is 1. The van der Waals surface area contributed by atoms with E-state index in [-0.39, 0.29) is 0 Å². The van der Waals surface area contributed by atoms with Gasteiger partial charge in [-0.1, -0.05) is 6.42 Å². The summed E-state index contributed by atoms with van der Waals surface area (Å²) in [6.45, 7) is 4.46. The van der Waals surface area contributed by atoms with E-state index in [2.05, 4.69) is 17.3 Å². The Hall–Kier alpha value is -0.120. The molecule has 2 saturated heterocycles. The summed E-state index contributed by atoms with van der Waals surface area (Å²) in [4.78, 5) is 2.53. The second-order valence-electron chi connectivity index (χ2n) is 5.61. The molecule has 100 valence electrons. The second kappa shape index (κ2) is 7.34. The standard InChI is InChI=1S/C14H28N2O/c1-16-10-4-2-6-13(16)8-9-15-12-14-7-3-5-11-17-14/h13-15H,2-12H2,1H3. The van der Waals surface area contributed by atoms with Gasteiger partial charge < -0.3 is 15.0 Å². The molecule has 0 amide bonds. The Kier molecular flexibility index (Phi) is 5.75. The number of rotatable bonds is 5. The van der Waals surface area contributed by atoms with Gasteiger partial charge in [0, 0.05) is 19.2 Å². The number of nitrogens with one attached hydrogen (secondary N) is 1. The fourth-order valence-corrected chi connectivity index (χ4v) is 3.01. The molecule has 3 heteroatoms. The lowest BCUT2D eigenvalue weighted by atomic mass is 10.00. The molecule has 0 aromatic rings. The first-order chi connectivity index (χ1) is 8.36. The largest absolute Gasteiger partial charge is 0.377 e. The first-order valence-corrected chi connectivity index (χ1v) is 7.39. The topological polar surface area (TPSA) is 24.5 Å². The lowest BCUT2D eigenvalue weighted by Gasteiger charge is -2.32.